The molecule has 0 bridgehead atoms. The number of hydrogen-bond donors (Lipinski definition) is 4. The van der Waals surface area contributed by atoms with E-state index in [0.717, 1.165) is 11.5 Å². The maximum Gasteiger partial charge on any atom is 2.00 e. The van der Waals surface area contributed by atoms with E-state index in [9.17, 15) is 0 Å². The van der Waals surface area contributed by atoms with Crippen LogP contribution in [0.4, 0.5) is 0 Å². The van der Waals surface area contributed by atoms with Crippen molar-refractivity contribution in [3.05, 3.63) is 47.3 Å². The van der Waals surface area contributed by atoms with Crippen molar-refractivity contribution in [2.75, 3.05) is 0 Å². The average molecular weight is 496 g/mol. The summed E-state index contributed by atoms with van der Waals surface area (Å²) >= 11 is 9.08. The fraction of sp³-hybridized carbons (Fsp3) is 0.143. The molecule has 0 aromatic carbocycles. The van der Waals surface area contributed by atoms with E-state index in [1.165, 1.54) is 12.4 Å². The molecular formula is C14H18Cl2N6NiO2S2. The predicted molar refractivity (Wildman–Crippen MR) is 102 cm³/mol. The summed E-state index contributed by atoms with van der Waals surface area (Å²) in [5.41, 5.74) is 15.1. The molecule has 13 heteroatoms. The Hall–Kier alpha value is -1.65. The van der Waals surface area contributed by atoms with Gasteiger partial charge < -0.3 is 45.1 Å². The number of thiocarbonyl (C=S) groups is 2. The topological polar surface area (TPSA) is 127 Å². The quantitative estimate of drug-likeness (QED) is 0.145. The van der Waals surface area contributed by atoms with Gasteiger partial charge in [-0.2, -0.15) is 10.2 Å². The Labute approximate surface area is 190 Å². The number of halogens is 2. The molecule has 0 fully saturated rings. The van der Waals surface area contributed by atoms with Crippen molar-refractivity contribution < 1.29 is 50.1 Å². The van der Waals surface area contributed by atoms with Gasteiger partial charge in [0.1, 0.15) is 23.0 Å². The van der Waals surface area contributed by atoms with Crippen molar-refractivity contribution in [2.45, 2.75) is 13.8 Å². The first-order valence-corrected chi connectivity index (χ1v) is 7.48. The molecule has 0 aliphatic heterocycles. The Morgan fingerprint density at radius 3 is 1.41 bits per heavy atom. The van der Waals surface area contributed by atoms with Crippen LogP contribution in [-0.2, 0) is 16.5 Å². The van der Waals surface area contributed by atoms with Crippen LogP contribution in [0.1, 0.15) is 23.0 Å². The number of nitrogens with zero attached hydrogens (tertiary/aromatic N) is 2. The molecule has 0 saturated heterocycles. The van der Waals surface area contributed by atoms with E-state index in [4.69, 9.17) is 20.3 Å². The van der Waals surface area contributed by atoms with Gasteiger partial charge in [-0.15, -0.1) is 0 Å². The smallest absolute Gasteiger partial charge is 1.00 e. The van der Waals surface area contributed by atoms with Crippen molar-refractivity contribution in [3.8, 4) is 0 Å². The summed E-state index contributed by atoms with van der Waals surface area (Å²) in [5.74, 6) is 3.01. The molecule has 2 aromatic heterocycles. The van der Waals surface area contributed by atoms with E-state index >= 15 is 0 Å². The van der Waals surface area contributed by atoms with Gasteiger partial charge in [0, 0.05) is 0 Å². The second-order valence-corrected chi connectivity index (χ2v) is 5.24. The molecule has 0 aliphatic carbocycles. The van der Waals surface area contributed by atoms with Crippen molar-refractivity contribution >= 4 is 47.1 Å². The number of furan rings is 2. The molecule has 2 heterocycles. The Balaban J connectivity index is -0.000000384. The molecule has 0 unspecified atom stereocenters. The summed E-state index contributed by atoms with van der Waals surface area (Å²) in [6.45, 7) is 3.72. The molecule has 2 rings (SSSR count). The van der Waals surface area contributed by atoms with E-state index in [1.54, 1.807) is 12.1 Å². The summed E-state index contributed by atoms with van der Waals surface area (Å²) < 4.78 is 10.4. The number of nitrogens with one attached hydrogen (secondary N) is 2. The zero-order valence-electron chi connectivity index (χ0n) is 14.2. The summed E-state index contributed by atoms with van der Waals surface area (Å²) in [5, 5.41) is 7.71. The first-order chi connectivity index (χ1) is 11.4. The van der Waals surface area contributed by atoms with Gasteiger partial charge in [0.05, 0.1) is 12.4 Å². The van der Waals surface area contributed by atoms with Crippen LogP contribution in [0.3, 0.4) is 0 Å². The molecule has 6 N–H and O–H groups in total. The van der Waals surface area contributed by atoms with Crippen LogP contribution in [0.5, 0.6) is 0 Å². The predicted octanol–water partition coefficient (Wildman–Crippen LogP) is -4.48. The Bertz CT molecular complexity index is 689. The fourth-order valence-electron chi connectivity index (χ4n) is 1.36. The first kappa shape index (κ1) is 30.1. The number of rotatable bonds is 4. The van der Waals surface area contributed by atoms with E-state index in [2.05, 4.69) is 45.5 Å². The van der Waals surface area contributed by atoms with Gasteiger partial charge in [-0.3, -0.25) is 10.9 Å². The maximum atomic E-state index is 5.19. The van der Waals surface area contributed by atoms with Crippen LogP contribution in [0.15, 0.2) is 43.3 Å². The third-order valence-corrected chi connectivity index (χ3v) is 2.44. The summed E-state index contributed by atoms with van der Waals surface area (Å²) in [6, 6.07) is 7.31. The first-order valence-electron chi connectivity index (χ1n) is 6.66. The minimum Gasteiger partial charge on any atom is -1.00 e. The van der Waals surface area contributed by atoms with Crippen molar-refractivity contribution in [3.63, 3.8) is 0 Å². The van der Waals surface area contributed by atoms with Gasteiger partial charge in [-0.05, 0) is 62.5 Å². The molecule has 0 radical (unpaired) electrons. The molecule has 27 heavy (non-hydrogen) atoms. The zero-order valence-corrected chi connectivity index (χ0v) is 18.4. The number of hydrogen-bond acceptors (Lipinski definition) is 6. The second-order valence-electron chi connectivity index (χ2n) is 4.37. The third kappa shape index (κ3) is 15.1. The van der Waals surface area contributed by atoms with E-state index in [0.29, 0.717) is 11.5 Å². The summed E-state index contributed by atoms with van der Waals surface area (Å²) in [6.07, 6.45) is 3.01. The van der Waals surface area contributed by atoms with Gasteiger partial charge in [0.2, 0.25) is 0 Å². The maximum absolute atomic E-state index is 5.19. The monoisotopic (exact) mass is 494 g/mol. The Kier molecular flexibility index (Phi) is 18.4. The molecular weight excluding hydrogens is 478 g/mol. The van der Waals surface area contributed by atoms with Crippen LogP contribution < -0.4 is 47.1 Å². The molecule has 8 nitrogen and oxygen atoms in total. The number of hydrazone groups is 2. The van der Waals surface area contributed by atoms with Crippen LogP contribution in [0.2, 0.25) is 0 Å². The van der Waals surface area contributed by atoms with Crippen LogP contribution >= 0.6 is 24.4 Å². The SMILES string of the molecule is Cc1ccc(/C=N/NC(N)=S)o1.Cc1ccc(/C=N/NC(N)=S)o1.[Cl-].[Cl-].[Ni+2]. The van der Waals surface area contributed by atoms with E-state index in [-0.39, 0.29) is 51.5 Å². The molecule has 0 spiro atoms. The van der Waals surface area contributed by atoms with Crippen LogP contribution in [0, 0.1) is 13.8 Å². The minimum absolute atomic E-state index is 0. The molecule has 0 amide bonds. The normalized spacial score (nSPS) is 9.26. The average Bonchev–Trinajstić information content (AvgIpc) is 3.08. The van der Waals surface area contributed by atoms with E-state index in [1.807, 2.05) is 26.0 Å². The van der Waals surface area contributed by atoms with Gasteiger partial charge >= 0.3 is 16.5 Å². The van der Waals surface area contributed by atoms with Crippen molar-refractivity contribution in [2.24, 2.45) is 21.7 Å². The summed E-state index contributed by atoms with van der Waals surface area (Å²) in [4.78, 5) is 0. The largest absolute Gasteiger partial charge is 2.00 e. The van der Waals surface area contributed by atoms with Gasteiger partial charge in [-0.1, -0.05) is 0 Å². The van der Waals surface area contributed by atoms with E-state index < -0.39 is 0 Å². The minimum atomic E-state index is 0. The van der Waals surface area contributed by atoms with Crippen molar-refractivity contribution in [1.29, 1.82) is 0 Å². The number of aryl methyl sites for hydroxylation is 2. The molecule has 0 aliphatic rings. The fourth-order valence-corrected chi connectivity index (χ4v) is 1.47. The zero-order chi connectivity index (χ0) is 17.9. The van der Waals surface area contributed by atoms with Gasteiger partial charge in [-0.25, -0.2) is 0 Å². The third-order valence-electron chi connectivity index (χ3n) is 2.26. The second kappa shape index (κ2) is 16.5. The van der Waals surface area contributed by atoms with Gasteiger partial charge in [0.25, 0.3) is 0 Å². The number of nitrogens with two attached hydrogens (primary N) is 2. The summed E-state index contributed by atoms with van der Waals surface area (Å²) in [7, 11) is 0. The van der Waals surface area contributed by atoms with Crippen LogP contribution in [0.25, 0.3) is 0 Å². The molecule has 0 saturated carbocycles. The molecule has 152 valence electrons. The molecule has 0 atom stereocenters. The Morgan fingerprint density at radius 1 is 0.852 bits per heavy atom. The standard InChI is InChI=1S/2C7H9N3OS.2ClH.Ni/c2*1-5-2-3-6(11-5)4-9-10-7(8)12;;;/h2*2-4H,1H3,(H3,8,10,12);2*1H;/q;;;;+2/p-2/b2*9-4+;;;. The molecule has 2 aromatic rings. The van der Waals surface area contributed by atoms with Crippen LogP contribution in [-0.4, -0.2) is 22.7 Å². The van der Waals surface area contributed by atoms with Gasteiger partial charge in [0.15, 0.2) is 10.2 Å². The van der Waals surface area contributed by atoms with Crippen molar-refractivity contribution in [1.82, 2.24) is 10.9 Å². The Morgan fingerprint density at radius 2 is 1.19 bits per heavy atom.